The van der Waals surface area contributed by atoms with Gasteiger partial charge in [-0.1, -0.05) is 31.9 Å². The highest BCUT2D eigenvalue weighted by molar-refractivity contribution is 6.02. The second-order valence-electron chi connectivity index (χ2n) is 6.99. The number of ether oxygens (including phenoxy) is 1. The zero-order valence-electron chi connectivity index (χ0n) is 16.8. The lowest BCUT2D eigenvalue weighted by atomic mass is 10.0. The summed E-state index contributed by atoms with van der Waals surface area (Å²) in [5.74, 6) is 0.427. The maximum absolute atomic E-state index is 13.1. The van der Waals surface area contributed by atoms with Crippen LogP contribution >= 0.6 is 0 Å². The van der Waals surface area contributed by atoms with Gasteiger partial charge in [-0.2, -0.15) is 5.10 Å². The SMILES string of the molecule is CCCC[C@H]1CN(c2ccccc2OC)C(=O)CN1C(=O)c1cnn(CC)c1. The minimum absolute atomic E-state index is 0.0416. The predicted octanol–water partition coefficient (Wildman–Crippen LogP) is 2.96. The predicted molar refractivity (Wildman–Crippen MR) is 108 cm³/mol. The van der Waals surface area contributed by atoms with Crippen LogP contribution in [0.25, 0.3) is 0 Å². The lowest BCUT2D eigenvalue weighted by Gasteiger charge is -2.41. The molecule has 1 aromatic carbocycles. The standard InChI is InChI=1S/C21H28N4O3/c1-4-6-9-17-14-25(18-10-7-8-11-19(18)28-3)20(26)15-24(17)21(27)16-12-22-23(5-2)13-16/h7-8,10-13,17H,4-6,9,14-15H2,1-3H3/t17-/m0/s1. The third kappa shape index (κ3) is 4.03. The molecule has 1 aliphatic heterocycles. The molecule has 1 saturated heterocycles. The minimum Gasteiger partial charge on any atom is -0.495 e. The smallest absolute Gasteiger partial charge is 0.257 e. The molecule has 7 nitrogen and oxygen atoms in total. The average molecular weight is 384 g/mol. The molecule has 0 bridgehead atoms. The van der Waals surface area contributed by atoms with Gasteiger partial charge in [0.25, 0.3) is 5.91 Å². The second kappa shape index (κ2) is 8.91. The van der Waals surface area contributed by atoms with Gasteiger partial charge in [0, 0.05) is 19.3 Å². The van der Waals surface area contributed by atoms with Crippen LogP contribution < -0.4 is 9.64 Å². The molecule has 0 unspecified atom stereocenters. The Morgan fingerprint density at radius 1 is 1.29 bits per heavy atom. The summed E-state index contributed by atoms with van der Waals surface area (Å²) in [4.78, 5) is 29.5. The Morgan fingerprint density at radius 3 is 2.75 bits per heavy atom. The molecular weight excluding hydrogens is 356 g/mol. The number of hydrogen-bond acceptors (Lipinski definition) is 4. The number of nitrogens with zero attached hydrogens (tertiary/aromatic N) is 4. The van der Waals surface area contributed by atoms with Gasteiger partial charge in [0.05, 0.1) is 30.6 Å². The van der Waals surface area contributed by atoms with Crippen LogP contribution in [-0.2, 0) is 11.3 Å². The van der Waals surface area contributed by atoms with Crippen molar-refractivity contribution in [2.45, 2.75) is 45.7 Å². The number of hydrogen-bond donors (Lipinski definition) is 0. The number of aryl methyl sites for hydroxylation is 1. The highest BCUT2D eigenvalue weighted by Crippen LogP contribution is 2.31. The van der Waals surface area contributed by atoms with Gasteiger partial charge in [-0.3, -0.25) is 14.3 Å². The van der Waals surface area contributed by atoms with Crippen LogP contribution in [0.15, 0.2) is 36.7 Å². The number of benzene rings is 1. The number of carbonyl (C=O) groups is 2. The largest absolute Gasteiger partial charge is 0.495 e. The highest BCUT2D eigenvalue weighted by atomic mass is 16.5. The van der Waals surface area contributed by atoms with Crippen molar-refractivity contribution in [3.63, 3.8) is 0 Å². The molecule has 7 heteroatoms. The third-order valence-corrected chi connectivity index (χ3v) is 5.17. The molecule has 1 atom stereocenters. The number of unbranched alkanes of at least 4 members (excludes halogenated alkanes) is 1. The van der Waals surface area contributed by atoms with Crippen LogP contribution in [0.3, 0.4) is 0 Å². The molecular formula is C21H28N4O3. The summed E-state index contributed by atoms with van der Waals surface area (Å²) in [7, 11) is 1.60. The van der Waals surface area contributed by atoms with Gasteiger partial charge in [0.2, 0.25) is 5.91 Å². The summed E-state index contributed by atoms with van der Waals surface area (Å²) in [5.41, 5.74) is 1.28. The summed E-state index contributed by atoms with van der Waals surface area (Å²) in [6.45, 7) is 5.33. The van der Waals surface area contributed by atoms with Crippen molar-refractivity contribution in [2.24, 2.45) is 0 Å². The summed E-state index contributed by atoms with van der Waals surface area (Å²) in [6.07, 6.45) is 6.21. The first-order valence-corrected chi connectivity index (χ1v) is 9.85. The van der Waals surface area contributed by atoms with Gasteiger partial charge in [-0.15, -0.1) is 0 Å². The topological polar surface area (TPSA) is 67.7 Å². The summed E-state index contributed by atoms with van der Waals surface area (Å²) in [5, 5.41) is 4.20. The van der Waals surface area contributed by atoms with E-state index in [9.17, 15) is 9.59 Å². The minimum atomic E-state index is -0.131. The van der Waals surface area contributed by atoms with E-state index >= 15 is 0 Å². The first-order chi connectivity index (χ1) is 13.6. The van der Waals surface area contributed by atoms with Crippen LogP contribution in [0.5, 0.6) is 5.75 Å². The number of carbonyl (C=O) groups excluding carboxylic acids is 2. The molecule has 28 heavy (non-hydrogen) atoms. The van der Waals surface area contributed by atoms with Crippen molar-refractivity contribution in [1.29, 1.82) is 0 Å². The van der Waals surface area contributed by atoms with E-state index < -0.39 is 0 Å². The van der Waals surface area contributed by atoms with Crippen LogP contribution in [-0.4, -0.2) is 52.7 Å². The van der Waals surface area contributed by atoms with E-state index in [0.717, 1.165) is 24.9 Å². The van der Waals surface area contributed by atoms with E-state index in [0.29, 0.717) is 24.4 Å². The Hall–Kier alpha value is -2.83. The van der Waals surface area contributed by atoms with Gasteiger partial charge in [-0.25, -0.2) is 0 Å². The van der Waals surface area contributed by atoms with Crippen molar-refractivity contribution in [1.82, 2.24) is 14.7 Å². The molecule has 0 radical (unpaired) electrons. The first-order valence-electron chi connectivity index (χ1n) is 9.85. The number of amides is 2. The maximum atomic E-state index is 13.1. The molecule has 0 spiro atoms. The number of methoxy groups -OCH3 is 1. The maximum Gasteiger partial charge on any atom is 0.257 e. The van der Waals surface area contributed by atoms with E-state index in [-0.39, 0.29) is 24.4 Å². The lowest BCUT2D eigenvalue weighted by Crippen LogP contribution is -2.58. The van der Waals surface area contributed by atoms with Crippen molar-refractivity contribution in [2.75, 3.05) is 25.1 Å². The fourth-order valence-corrected chi connectivity index (χ4v) is 3.59. The fourth-order valence-electron chi connectivity index (χ4n) is 3.59. The number of piperazine rings is 1. The monoisotopic (exact) mass is 384 g/mol. The second-order valence-corrected chi connectivity index (χ2v) is 6.99. The molecule has 0 aliphatic carbocycles. The molecule has 0 N–H and O–H groups in total. The van der Waals surface area contributed by atoms with Crippen molar-refractivity contribution < 1.29 is 14.3 Å². The number of rotatable bonds is 7. The molecule has 1 fully saturated rings. The Kier molecular flexibility index (Phi) is 6.34. The van der Waals surface area contributed by atoms with Gasteiger partial charge in [0.15, 0.2) is 0 Å². The Balaban J connectivity index is 1.86. The zero-order chi connectivity index (χ0) is 20.1. The van der Waals surface area contributed by atoms with Crippen molar-refractivity contribution >= 4 is 17.5 Å². The van der Waals surface area contributed by atoms with Gasteiger partial charge < -0.3 is 14.5 Å². The van der Waals surface area contributed by atoms with Gasteiger partial charge in [0.1, 0.15) is 12.3 Å². The Bertz CT molecular complexity index is 833. The summed E-state index contributed by atoms with van der Waals surface area (Å²) >= 11 is 0. The molecule has 2 heterocycles. The van der Waals surface area contributed by atoms with E-state index in [1.54, 1.807) is 34.0 Å². The molecule has 1 aromatic heterocycles. The first kappa shape index (κ1) is 19.9. The molecule has 2 amide bonds. The number of para-hydroxylation sites is 2. The number of aromatic nitrogens is 2. The molecule has 1 aliphatic rings. The fraction of sp³-hybridized carbons (Fsp3) is 0.476. The van der Waals surface area contributed by atoms with E-state index in [1.807, 2.05) is 31.2 Å². The van der Waals surface area contributed by atoms with Gasteiger partial charge >= 0.3 is 0 Å². The van der Waals surface area contributed by atoms with E-state index in [2.05, 4.69) is 12.0 Å². The lowest BCUT2D eigenvalue weighted by molar-refractivity contribution is -0.121. The Labute approximate surface area is 165 Å². The van der Waals surface area contributed by atoms with Crippen LogP contribution in [0.2, 0.25) is 0 Å². The third-order valence-electron chi connectivity index (χ3n) is 5.17. The molecule has 150 valence electrons. The van der Waals surface area contributed by atoms with Crippen molar-refractivity contribution in [3.05, 3.63) is 42.2 Å². The summed E-state index contributed by atoms with van der Waals surface area (Å²) < 4.78 is 7.16. The average Bonchev–Trinajstić information content (AvgIpc) is 3.21. The normalized spacial score (nSPS) is 17.1. The molecule has 3 rings (SSSR count). The van der Waals surface area contributed by atoms with E-state index in [4.69, 9.17) is 4.74 Å². The van der Waals surface area contributed by atoms with E-state index in [1.165, 1.54) is 0 Å². The van der Waals surface area contributed by atoms with Crippen LogP contribution in [0.1, 0.15) is 43.5 Å². The number of anilines is 1. The summed E-state index contributed by atoms with van der Waals surface area (Å²) in [6, 6.07) is 7.46. The van der Waals surface area contributed by atoms with Gasteiger partial charge in [-0.05, 0) is 25.5 Å². The van der Waals surface area contributed by atoms with Crippen LogP contribution in [0.4, 0.5) is 5.69 Å². The molecule has 2 aromatic rings. The van der Waals surface area contributed by atoms with Crippen molar-refractivity contribution in [3.8, 4) is 5.75 Å². The Morgan fingerprint density at radius 2 is 2.07 bits per heavy atom. The highest BCUT2D eigenvalue weighted by Gasteiger charge is 2.36. The zero-order valence-corrected chi connectivity index (χ0v) is 16.8. The molecule has 0 saturated carbocycles. The quantitative estimate of drug-likeness (QED) is 0.736. The van der Waals surface area contributed by atoms with Crippen LogP contribution in [0, 0.1) is 0 Å².